The maximum Gasteiger partial charge on any atom is 0.514 e. The lowest BCUT2D eigenvalue weighted by molar-refractivity contribution is -0.384. The quantitative estimate of drug-likeness (QED) is 0.369. The highest BCUT2D eigenvalue weighted by Gasteiger charge is 2.14. The molecule has 0 spiro atoms. The minimum absolute atomic E-state index is 0.111. The van der Waals surface area contributed by atoms with Crippen LogP contribution in [0.1, 0.15) is 18.6 Å². The number of ether oxygens (including phenoxy) is 2. The molecule has 0 aromatic heterocycles. The molecule has 0 saturated heterocycles. The average molecular weight is 305 g/mol. The smallest absolute Gasteiger partial charge is 0.426 e. The summed E-state index contributed by atoms with van der Waals surface area (Å²) in [5.74, 6) is -0.258. The number of carbonyl (C=O) groups is 1. The summed E-state index contributed by atoms with van der Waals surface area (Å²) >= 11 is 0. The Labute approximate surface area is 125 Å². The van der Waals surface area contributed by atoms with E-state index in [-0.39, 0.29) is 17.3 Å². The van der Waals surface area contributed by atoms with Crippen LogP contribution in [-0.4, -0.2) is 11.1 Å². The molecular formula is C15H12FNO5. The Balaban J connectivity index is 1.94. The SMILES string of the molecule is CC(OC(=O)Oc1ccc([N+](=O)[O-])cc1)c1ccc(F)cc1. The van der Waals surface area contributed by atoms with Gasteiger partial charge < -0.3 is 9.47 Å². The van der Waals surface area contributed by atoms with Crippen molar-refractivity contribution in [2.45, 2.75) is 13.0 Å². The number of halogens is 1. The summed E-state index contributed by atoms with van der Waals surface area (Å²) in [5.41, 5.74) is 0.502. The fraction of sp³-hybridized carbons (Fsp3) is 0.133. The van der Waals surface area contributed by atoms with Gasteiger partial charge in [0, 0.05) is 12.1 Å². The van der Waals surface area contributed by atoms with E-state index in [0.29, 0.717) is 5.56 Å². The molecular weight excluding hydrogens is 293 g/mol. The van der Waals surface area contributed by atoms with Gasteiger partial charge in [0.15, 0.2) is 0 Å². The zero-order valence-corrected chi connectivity index (χ0v) is 11.6. The standard InChI is InChI=1S/C15H12FNO5/c1-10(11-2-4-12(16)5-3-11)21-15(18)22-14-8-6-13(7-9-14)17(19)20/h2-10H,1H3. The van der Waals surface area contributed by atoms with Crippen molar-refractivity contribution < 1.29 is 23.6 Å². The third-order valence-corrected chi connectivity index (χ3v) is 2.86. The number of carbonyl (C=O) groups excluding carboxylic acids is 1. The zero-order valence-electron chi connectivity index (χ0n) is 11.6. The van der Waals surface area contributed by atoms with E-state index in [9.17, 15) is 19.3 Å². The van der Waals surface area contributed by atoms with Gasteiger partial charge in [-0.25, -0.2) is 9.18 Å². The van der Waals surface area contributed by atoms with Crippen LogP contribution in [0, 0.1) is 15.9 Å². The van der Waals surface area contributed by atoms with E-state index in [2.05, 4.69) is 0 Å². The van der Waals surface area contributed by atoms with E-state index in [1.807, 2.05) is 0 Å². The number of non-ortho nitro benzene ring substituents is 1. The van der Waals surface area contributed by atoms with Crippen LogP contribution in [0.4, 0.5) is 14.9 Å². The number of hydrogen-bond donors (Lipinski definition) is 0. The Morgan fingerprint density at radius 2 is 1.73 bits per heavy atom. The molecule has 1 atom stereocenters. The molecule has 0 heterocycles. The van der Waals surface area contributed by atoms with Gasteiger partial charge in [-0.1, -0.05) is 12.1 Å². The number of nitro benzene ring substituents is 1. The van der Waals surface area contributed by atoms with Gasteiger partial charge in [-0.3, -0.25) is 10.1 Å². The maximum absolute atomic E-state index is 12.8. The molecule has 1 unspecified atom stereocenters. The molecule has 0 radical (unpaired) electrons. The van der Waals surface area contributed by atoms with Gasteiger partial charge in [0.25, 0.3) is 5.69 Å². The Morgan fingerprint density at radius 1 is 1.14 bits per heavy atom. The summed E-state index contributed by atoms with van der Waals surface area (Å²) in [6.45, 7) is 1.62. The highest BCUT2D eigenvalue weighted by Crippen LogP contribution is 2.20. The summed E-state index contributed by atoms with van der Waals surface area (Å²) in [7, 11) is 0. The van der Waals surface area contributed by atoms with E-state index >= 15 is 0 Å². The summed E-state index contributed by atoms with van der Waals surface area (Å²) < 4.78 is 22.8. The summed E-state index contributed by atoms with van der Waals surface area (Å²) in [4.78, 5) is 21.6. The molecule has 2 rings (SSSR count). The van der Waals surface area contributed by atoms with Gasteiger partial charge in [-0.05, 0) is 36.8 Å². The number of nitrogens with zero attached hydrogens (tertiary/aromatic N) is 1. The fourth-order valence-corrected chi connectivity index (χ4v) is 1.70. The van der Waals surface area contributed by atoms with Crippen molar-refractivity contribution in [2.24, 2.45) is 0 Å². The molecule has 0 amide bonds. The van der Waals surface area contributed by atoms with Gasteiger partial charge >= 0.3 is 6.16 Å². The second-order valence-corrected chi connectivity index (χ2v) is 4.41. The van der Waals surface area contributed by atoms with Crippen molar-refractivity contribution in [3.8, 4) is 5.75 Å². The Bertz CT molecular complexity index is 669. The van der Waals surface area contributed by atoms with Crippen LogP contribution in [0.2, 0.25) is 0 Å². The van der Waals surface area contributed by atoms with Crippen LogP contribution in [0.5, 0.6) is 5.75 Å². The predicted octanol–water partition coefficient (Wildman–Crippen LogP) is 4.01. The first-order valence-corrected chi connectivity index (χ1v) is 6.34. The van der Waals surface area contributed by atoms with Gasteiger partial charge in [0.2, 0.25) is 0 Å². The molecule has 0 aliphatic carbocycles. The Morgan fingerprint density at radius 3 is 2.27 bits per heavy atom. The first kappa shape index (κ1) is 15.4. The summed E-state index contributed by atoms with van der Waals surface area (Å²) in [5, 5.41) is 10.5. The lowest BCUT2D eigenvalue weighted by Crippen LogP contribution is -2.13. The second-order valence-electron chi connectivity index (χ2n) is 4.41. The van der Waals surface area contributed by atoms with Crippen LogP contribution < -0.4 is 4.74 Å². The highest BCUT2D eigenvalue weighted by molar-refractivity contribution is 5.64. The van der Waals surface area contributed by atoms with Crippen molar-refractivity contribution in [2.75, 3.05) is 0 Å². The lowest BCUT2D eigenvalue weighted by atomic mass is 10.1. The Kier molecular flexibility index (Phi) is 4.67. The molecule has 0 aliphatic rings. The third kappa shape index (κ3) is 4.02. The maximum atomic E-state index is 12.8. The molecule has 0 N–H and O–H groups in total. The second kappa shape index (κ2) is 6.66. The Hall–Kier alpha value is -2.96. The van der Waals surface area contributed by atoms with E-state index in [4.69, 9.17) is 9.47 Å². The van der Waals surface area contributed by atoms with Gasteiger partial charge in [0.1, 0.15) is 17.7 Å². The van der Waals surface area contributed by atoms with Crippen molar-refractivity contribution in [1.29, 1.82) is 0 Å². The lowest BCUT2D eigenvalue weighted by Gasteiger charge is -2.13. The largest absolute Gasteiger partial charge is 0.514 e. The van der Waals surface area contributed by atoms with Gasteiger partial charge in [-0.15, -0.1) is 0 Å². The molecule has 0 saturated carbocycles. The molecule has 0 fully saturated rings. The summed E-state index contributed by atoms with van der Waals surface area (Å²) in [6, 6.07) is 10.5. The minimum Gasteiger partial charge on any atom is -0.426 e. The molecule has 114 valence electrons. The fourth-order valence-electron chi connectivity index (χ4n) is 1.70. The van der Waals surface area contributed by atoms with Crippen molar-refractivity contribution in [1.82, 2.24) is 0 Å². The number of benzene rings is 2. The number of rotatable bonds is 4. The first-order valence-electron chi connectivity index (χ1n) is 6.34. The van der Waals surface area contributed by atoms with Crippen LogP contribution in [0.25, 0.3) is 0 Å². The molecule has 6 nitrogen and oxygen atoms in total. The number of nitro groups is 1. The van der Waals surface area contributed by atoms with Gasteiger partial charge in [0.05, 0.1) is 4.92 Å². The van der Waals surface area contributed by atoms with Crippen LogP contribution >= 0.6 is 0 Å². The third-order valence-electron chi connectivity index (χ3n) is 2.86. The van der Waals surface area contributed by atoms with Gasteiger partial charge in [-0.2, -0.15) is 0 Å². The zero-order chi connectivity index (χ0) is 16.1. The minimum atomic E-state index is -0.953. The van der Waals surface area contributed by atoms with Crippen molar-refractivity contribution in [3.05, 3.63) is 70.0 Å². The molecule has 2 aromatic carbocycles. The van der Waals surface area contributed by atoms with Crippen molar-refractivity contribution >= 4 is 11.8 Å². The van der Waals surface area contributed by atoms with Crippen LogP contribution in [-0.2, 0) is 4.74 Å². The molecule has 22 heavy (non-hydrogen) atoms. The monoisotopic (exact) mass is 305 g/mol. The molecule has 2 aromatic rings. The van der Waals surface area contributed by atoms with Crippen LogP contribution in [0.15, 0.2) is 48.5 Å². The molecule has 0 aliphatic heterocycles. The topological polar surface area (TPSA) is 78.7 Å². The first-order chi connectivity index (χ1) is 10.5. The summed E-state index contributed by atoms with van der Waals surface area (Å²) in [6.07, 6.45) is -1.57. The highest BCUT2D eigenvalue weighted by atomic mass is 19.1. The van der Waals surface area contributed by atoms with Crippen molar-refractivity contribution in [3.63, 3.8) is 0 Å². The van der Waals surface area contributed by atoms with Crippen LogP contribution in [0.3, 0.4) is 0 Å². The number of hydrogen-bond acceptors (Lipinski definition) is 5. The molecule has 7 heteroatoms. The molecule has 0 bridgehead atoms. The average Bonchev–Trinajstić information content (AvgIpc) is 2.48. The predicted molar refractivity (Wildman–Crippen MR) is 75.0 cm³/mol. The van der Waals surface area contributed by atoms with E-state index in [0.717, 1.165) is 0 Å². The van der Waals surface area contributed by atoms with E-state index < -0.39 is 17.2 Å². The van der Waals surface area contributed by atoms with E-state index in [1.165, 1.54) is 48.5 Å². The van der Waals surface area contributed by atoms with E-state index in [1.54, 1.807) is 6.92 Å². The normalized spacial score (nSPS) is 11.5.